The Morgan fingerprint density at radius 2 is 1.83 bits per heavy atom. The van der Waals surface area contributed by atoms with Crippen molar-refractivity contribution in [3.8, 4) is 0 Å². The third-order valence-electron chi connectivity index (χ3n) is 6.34. The summed E-state index contributed by atoms with van der Waals surface area (Å²) >= 11 is 5.89. The Bertz CT molecular complexity index is 613. The van der Waals surface area contributed by atoms with Gasteiger partial charge in [0.05, 0.1) is 5.60 Å². The molecule has 1 amide bonds. The summed E-state index contributed by atoms with van der Waals surface area (Å²) in [7, 11) is 0. The predicted octanol–water partition coefficient (Wildman–Crippen LogP) is 3.72. The molecule has 1 aromatic rings. The van der Waals surface area contributed by atoms with Gasteiger partial charge in [-0.25, -0.2) is 0 Å². The quantitative estimate of drug-likeness (QED) is 0.852. The van der Waals surface area contributed by atoms with E-state index in [1.54, 1.807) is 0 Å². The molecule has 4 bridgehead atoms. The molecule has 24 heavy (non-hydrogen) atoms. The van der Waals surface area contributed by atoms with E-state index in [2.05, 4.69) is 5.32 Å². The van der Waals surface area contributed by atoms with Crippen molar-refractivity contribution in [2.75, 3.05) is 6.54 Å². The summed E-state index contributed by atoms with van der Waals surface area (Å²) < 4.78 is 0. The van der Waals surface area contributed by atoms with Crippen LogP contribution in [0, 0.1) is 17.3 Å². The lowest BCUT2D eigenvalue weighted by Crippen LogP contribution is -2.56. The van der Waals surface area contributed by atoms with Gasteiger partial charge < -0.3 is 10.4 Å². The lowest BCUT2D eigenvalue weighted by molar-refractivity contribution is -0.169. The molecule has 0 radical (unpaired) electrons. The SMILES string of the molecule is O=C(CC12C[C@H]3C[C@@H](CC(O)(C3)C1)C2)NCCc1ccc(Cl)cc1. The van der Waals surface area contributed by atoms with Crippen LogP contribution in [0.25, 0.3) is 0 Å². The molecular weight excluding hydrogens is 322 g/mol. The molecule has 4 heteroatoms. The second kappa shape index (κ2) is 6.03. The second-order valence-corrected chi connectivity index (χ2v) is 9.02. The fourth-order valence-electron chi connectivity index (χ4n) is 6.01. The summed E-state index contributed by atoms with van der Waals surface area (Å²) in [5, 5.41) is 14.6. The number of hydrogen-bond acceptors (Lipinski definition) is 2. The fourth-order valence-corrected chi connectivity index (χ4v) is 6.14. The molecule has 0 aliphatic heterocycles. The summed E-state index contributed by atoms with van der Waals surface area (Å²) in [5.41, 5.74) is 0.764. The third kappa shape index (κ3) is 3.34. The molecule has 1 aromatic carbocycles. The van der Waals surface area contributed by atoms with Gasteiger partial charge in [0.1, 0.15) is 0 Å². The maximum atomic E-state index is 12.5. The molecule has 130 valence electrons. The number of aliphatic hydroxyl groups is 1. The standard InChI is InChI=1S/C20H26ClNO2/c21-17-3-1-14(2-4-17)5-6-22-18(23)12-19-8-15-7-16(9-19)11-20(24,10-15)13-19/h1-4,15-16,24H,5-13H2,(H,22,23)/t15-,16-,19?,20?/m1/s1. The van der Waals surface area contributed by atoms with Crippen molar-refractivity contribution in [1.82, 2.24) is 5.32 Å². The largest absolute Gasteiger partial charge is 0.390 e. The van der Waals surface area contributed by atoms with Crippen molar-refractivity contribution in [3.05, 3.63) is 34.9 Å². The van der Waals surface area contributed by atoms with E-state index in [-0.39, 0.29) is 11.3 Å². The molecule has 2 N–H and O–H groups in total. The van der Waals surface area contributed by atoms with Crippen molar-refractivity contribution >= 4 is 17.5 Å². The van der Waals surface area contributed by atoms with Crippen LogP contribution in [0.5, 0.6) is 0 Å². The molecule has 0 unspecified atom stereocenters. The fraction of sp³-hybridized carbons (Fsp3) is 0.650. The summed E-state index contributed by atoms with van der Waals surface area (Å²) in [4.78, 5) is 12.5. The maximum Gasteiger partial charge on any atom is 0.220 e. The van der Waals surface area contributed by atoms with Crippen LogP contribution >= 0.6 is 11.6 Å². The molecule has 3 nitrogen and oxygen atoms in total. The lowest BCUT2D eigenvalue weighted by atomic mass is 9.47. The van der Waals surface area contributed by atoms with E-state index in [0.717, 1.165) is 43.5 Å². The van der Waals surface area contributed by atoms with Crippen LogP contribution in [-0.2, 0) is 11.2 Å². The van der Waals surface area contributed by atoms with Crippen molar-refractivity contribution in [2.24, 2.45) is 17.3 Å². The van der Waals surface area contributed by atoms with Gasteiger partial charge in [-0.05, 0) is 79.9 Å². The molecule has 0 heterocycles. The van der Waals surface area contributed by atoms with Gasteiger partial charge in [-0.3, -0.25) is 4.79 Å². The maximum absolute atomic E-state index is 12.5. The van der Waals surface area contributed by atoms with Gasteiger partial charge in [-0.2, -0.15) is 0 Å². The smallest absolute Gasteiger partial charge is 0.220 e. The highest BCUT2D eigenvalue weighted by Gasteiger charge is 2.57. The van der Waals surface area contributed by atoms with Crippen LogP contribution < -0.4 is 5.32 Å². The van der Waals surface area contributed by atoms with Crippen molar-refractivity contribution in [1.29, 1.82) is 0 Å². The highest BCUT2D eigenvalue weighted by molar-refractivity contribution is 6.30. The van der Waals surface area contributed by atoms with Crippen molar-refractivity contribution in [3.63, 3.8) is 0 Å². The summed E-state index contributed by atoms with van der Waals surface area (Å²) in [5.74, 6) is 1.42. The molecule has 4 aliphatic rings. The van der Waals surface area contributed by atoms with E-state index in [1.807, 2.05) is 24.3 Å². The predicted molar refractivity (Wildman–Crippen MR) is 94.8 cm³/mol. The molecule has 4 aliphatic carbocycles. The summed E-state index contributed by atoms with van der Waals surface area (Å²) in [6.07, 6.45) is 7.70. The number of nitrogens with one attached hydrogen (secondary N) is 1. The van der Waals surface area contributed by atoms with Crippen LogP contribution in [0.4, 0.5) is 0 Å². The average molecular weight is 348 g/mol. The molecular formula is C20H26ClNO2. The molecule has 2 atom stereocenters. The zero-order valence-electron chi connectivity index (χ0n) is 14.1. The molecule has 0 spiro atoms. The Kier molecular flexibility index (Phi) is 4.12. The van der Waals surface area contributed by atoms with Crippen LogP contribution in [0.15, 0.2) is 24.3 Å². The highest BCUT2D eigenvalue weighted by Crippen LogP contribution is 2.62. The Labute approximate surface area is 148 Å². The third-order valence-corrected chi connectivity index (χ3v) is 6.59. The van der Waals surface area contributed by atoms with E-state index in [0.29, 0.717) is 24.8 Å². The highest BCUT2D eigenvalue weighted by atomic mass is 35.5. The second-order valence-electron chi connectivity index (χ2n) is 8.59. The summed E-state index contributed by atoms with van der Waals surface area (Å²) in [6, 6.07) is 7.77. The van der Waals surface area contributed by atoms with Crippen LogP contribution in [-0.4, -0.2) is 23.2 Å². The first-order valence-corrected chi connectivity index (χ1v) is 9.55. The van der Waals surface area contributed by atoms with Crippen molar-refractivity contribution in [2.45, 2.75) is 57.0 Å². The van der Waals surface area contributed by atoms with Crippen LogP contribution in [0.2, 0.25) is 5.02 Å². The molecule has 4 fully saturated rings. The van der Waals surface area contributed by atoms with Crippen LogP contribution in [0.1, 0.15) is 50.5 Å². The van der Waals surface area contributed by atoms with E-state index in [1.165, 1.54) is 12.0 Å². The summed E-state index contributed by atoms with van der Waals surface area (Å²) in [6.45, 7) is 0.660. The van der Waals surface area contributed by atoms with E-state index in [4.69, 9.17) is 11.6 Å². The van der Waals surface area contributed by atoms with E-state index >= 15 is 0 Å². The zero-order chi connectivity index (χ0) is 16.8. The molecule has 0 saturated heterocycles. The van der Waals surface area contributed by atoms with Gasteiger partial charge in [0, 0.05) is 18.0 Å². The zero-order valence-corrected chi connectivity index (χ0v) is 14.8. The minimum Gasteiger partial charge on any atom is -0.390 e. The Balaban J connectivity index is 1.31. The number of carbonyl (C=O) groups is 1. The number of hydrogen-bond donors (Lipinski definition) is 2. The Morgan fingerprint density at radius 3 is 2.46 bits per heavy atom. The van der Waals surface area contributed by atoms with E-state index < -0.39 is 5.60 Å². The van der Waals surface area contributed by atoms with Gasteiger partial charge in [0.25, 0.3) is 0 Å². The van der Waals surface area contributed by atoms with Crippen molar-refractivity contribution < 1.29 is 9.90 Å². The number of rotatable bonds is 5. The van der Waals surface area contributed by atoms with Gasteiger partial charge in [-0.1, -0.05) is 23.7 Å². The van der Waals surface area contributed by atoms with Gasteiger partial charge in [0.2, 0.25) is 5.91 Å². The number of amides is 1. The minimum atomic E-state index is -0.479. The molecule has 5 rings (SSSR count). The first-order chi connectivity index (χ1) is 11.4. The normalized spacial score (nSPS) is 36.8. The number of benzene rings is 1. The van der Waals surface area contributed by atoms with E-state index in [9.17, 15) is 9.90 Å². The van der Waals surface area contributed by atoms with Gasteiger partial charge in [0.15, 0.2) is 0 Å². The van der Waals surface area contributed by atoms with Gasteiger partial charge in [-0.15, -0.1) is 0 Å². The van der Waals surface area contributed by atoms with Gasteiger partial charge >= 0.3 is 0 Å². The van der Waals surface area contributed by atoms with Crippen LogP contribution in [0.3, 0.4) is 0 Å². The Morgan fingerprint density at radius 1 is 1.17 bits per heavy atom. The molecule has 0 aromatic heterocycles. The monoisotopic (exact) mass is 347 g/mol. The lowest BCUT2D eigenvalue weighted by Gasteiger charge is -2.60. The number of carbonyl (C=O) groups excluding carboxylic acids is 1. The number of halogens is 1. The first-order valence-electron chi connectivity index (χ1n) is 9.17. The Hall–Kier alpha value is -1.06. The topological polar surface area (TPSA) is 49.3 Å². The molecule has 4 saturated carbocycles. The first kappa shape index (κ1) is 16.4. The minimum absolute atomic E-state index is 0.0587. The average Bonchev–Trinajstić information content (AvgIpc) is 2.46.